The number of rotatable bonds is 12. The number of carbonyl (C=O) groups excluding carboxylic acids is 2. The van der Waals surface area contributed by atoms with Gasteiger partial charge in [0, 0.05) is 19.0 Å². The molecule has 2 amide bonds. The van der Waals surface area contributed by atoms with Crippen LogP contribution in [0.1, 0.15) is 69.4 Å². The summed E-state index contributed by atoms with van der Waals surface area (Å²) in [5, 5.41) is 3.23. The van der Waals surface area contributed by atoms with Gasteiger partial charge >= 0.3 is 0 Å². The van der Waals surface area contributed by atoms with Crippen molar-refractivity contribution in [3.05, 3.63) is 59.7 Å². The summed E-state index contributed by atoms with van der Waals surface area (Å²) < 4.78 is 11.1. The monoisotopic (exact) mass is 480 g/mol. The molecule has 0 aliphatic heterocycles. The first-order valence-corrected chi connectivity index (χ1v) is 12.9. The predicted octanol–water partition coefficient (Wildman–Crippen LogP) is 5.42. The first-order chi connectivity index (χ1) is 17.0. The minimum Gasteiger partial charge on any atom is -0.497 e. The summed E-state index contributed by atoms with van der Waals surface area (Å²) >= 11 is 0. The van der Waals surface area contributed by atoms with Gasteiger partial charge in [0.2, 0.25) is 11.8 Å². The van der Waals surface area contributed by atoms with E-state index in [4.69, 9.17) is 9.47 Å². The summed E-state index contributed by atoms with van der Waals surface area (Å²) in [6.07, 6.45) is 7.06. The zero-order valence-corrected chi connectivity index (χ0v) is 21.4. The van der Waals surface area contributed by atoms with Gasteiger partial charge in [-0.1, -0.05) is 56.0 Å². The van der Waals surface area contributed by atoms with Crippen molar-refractivity contribution < 1.29 is 19.1 Å². The Bertz CT molecular complexity index is 921. The van der Waals surface area contributed by atoms with Crippen LogP contribution in [0, 0.1) is 6.92 Å². The quantitative estimate of drug-likeness (QED) is 0.412. The van der Waals surface area contributed by atoms with Crippen LogP contribution >= 0.6 is 0 Å². The molecule has 190 valence electrons. The molecule has 1 aliphatic rings. The number of nitrogens with zero attached hydrogens (tertiary/aromatic N) is 1. The van der Waals surface area contributed by atoms with E-state index in [2.05, 4.69) is 5.32 Å². The molecule has 2 aromatic carbocycles. The van der Waals surface area contributed by atoms with Gasteiger partial charge in [-0.15, -0.1) is 0 Å². The summed E-state index contributed by atoms with van der Waals surface area (Å²) in [4.78, 5) is 28.4. The zero-order valence-electron chi connectivity index (χ0n) is 21.4. The second-order valence-corrected chi connectivity index (χ2v) is 9.40. The Morgan fingerprint density at radius 1 is 1.00 bits per heavy atom. The van der Waals surface area contributed by atoms with Gasteiger partial charge in [0.15, 0.2) is 0 Å². The van der Waals surface area contributed by atoms with E-state index >= 15 is 0 Å². The molecule has 0 bridgehead atoms. The van der Waals surface area contributed by atoms with Crippen LogP contribution in [-0.2, 0) is 16.1 Å². The molecule has 0 radical (unpaired) electrons. The SMILES string of the molecule is CC[C@@H](C(=O)NC1CCCCC1)N(Cc1ccc(OC)cc1)C(=O)CCCOc1ccc(C)cc1. The molecule has 3 rings (SSSR count). The first-order valence-electron chi connectivity index (χ1n) is 12.9. The van der Waals surface area contributed by atoms with Crippen LogP contribution in [0.3, 0.4) is 0 Å². The van der Waals surface area contributed by atoms with Gasteiger partial charge in [0.05, 0.1) is 13.7 Å². The summed E-state index contributed by atoms with van der Waals surface area (Å²) in [6.45, 7) is 4.85. The molecule has 35 heavy (non-hydrogen) atoms. The van der Waals surface area contributed by atoms with Crippen molar-refractivity contribution in [3.63, 3.8) is 0 Å². The topological polar surface area (TPSA) is 67.9 Å². The summed E-state index contributed by atoms with van der Waals surface area (Å²) in [5.41, 5.74) is 2.15. The van der Waals surface area contributed by atoms with E-state index < -0.39 is 6.04 Å². The van der Waals surface area contributed by atoms with Gasteiger partial charge in [0.25, 0.3) is 0 Å². The lowest BCUT2D eigenvalue weighted by molar-refractivity contribution is -0.142. The van der Waals surface area contributed by atoms with Crippen molar-refractivity contribution in [2.45, 2.75) is 83.8 Å². The highest BCUT2D eigenvalue weighted by atomic mass is 16.5. The number of aryl methyl sites for hydroxylation is 1. The largest absolute Gasteiger partial charge is 0.497 e. The van der Waals surface area contributed by atoms with E-state index in [1.807, 2.05) is 62.4 Å². The summed E-state index contributed by atoms with van der Waals surface area (Å²) in [5.74, 6) is 1.49. The van der Waals surface area contributed by atoms with Crippen LogP contribution in [0.2, 0.25) is 0 Å². The fourth-order valence-corrected chi connectivity index (χ4v) is 4.58. The molecule has 1 atom stereocenters. The predicted molar refractivity (Wildman–Crippen MR) is 139 cm³/mol. The number of methoxy groups -OCH3 is 1. The first kappa shape index (κ1) is 26.6. The van der Waals surface area contributed by atoms with Gasteiger partial charge < -0.3 is 19.7 Å². The van der Waals surface area contributed by atoms with Crippen LogP contribution in [0.15, 0.2) is 48.5 Å². The van der Waals surface area contributed by atoms with Crippen LogP contribution in [0.4, 0.5) is 0 Å². The van der Waals surface area contributed by atoms with Crippen molar-refractivity contribution in [3.8, 4) is 11.5 Å². The van der Waals surface area contributed by atoms with Crippen molar-refractivity contribution in [2.75, 3.05) is 13.7 Å². The molecule has 0 saturated heterocycles. The van der Waals surface area contributed by atoms with Crippen molar-refractivity contribution in [2.24, 2.45) is 0 Å². The Morgan fingerprint density at radius 2 is 1.66 bits per heavy atom. The average Bonchev–Trinajstić information content (AvgIpc) is 2.88. The maximum absolute atomic E-state index is 13.4. The van der Waals surface area contributed by atoms with Crippen molar-refractivity contribution in [1.29, 1.82) is 0 Å². The number of nitrogens with one attached hydrogen (secondary N) is 1. The molecule has 0 spiro atoms. The number of hydrogen-bond donors (Lipinski definition) is 1. The summed E-state index contributed by atoms with van der Waals surface area (Å²) in [7, 11) is 1.63. The molecule has 6 nitrogen and oxygen atoms in total. The van der Waals surface area contributed by atoms with Crippen molar-refractivity contribution >= 4 is 11.8 Å². The van der Waals surface area contributed by atoms with Gasteiger partial charge in [-0.25, -0.2) is 0 Å². The third-order valence-corrected chi connectivity index (χ3v) is 6.67. The second-order valence-electron chi connectivity index (χ2n) is 9.40. The third-order valence-electron chi connectivity index (χ3n) is 6.67. The van der Waals surface area contributed by atoms with Gasteiger partial charge in [-0.2, -0.15) is 0 Å². The lowest BCUT2D eigenvalue weighted by atomic mass is 9.95. The summed E-state index contributed by atoms with van der Waals surface area (Å²) in [6, 6.07) is 15.3. The highest BCUT2D eigenvalue weighted by Gasteiger charge is 2.30. The Kier molecular flexibility index (Phi) is 10.5. The number of ether oxygens (including phenoxy) is 2. The molecule has 6 heteroatoms. The van der Waals surface area contributed by atoms with Crippen LogP contribution < -0.4 is 14.8 Å². The molecule has 0 aromatic heterocycles. The molecule has 0 heterocycles. The Morgan fingerprint density at radius 3 is 2.29 bits per heavy atom. The minimum atomic E-state index is -0.496. The third kappa shape index (κ3) is 8.30. The van der Waals surface area contributed by atoms with E-state index in [0.717, 1.165) is 42.7 Å². The molecule has 1 aliphatic carbocycles. The number of hydrogen-bond acceptors (Lipinski definition) is 4. The Labute approximate surface area is 210 Å². The molecule has 0 unspecified atom stereocenters. The van der Waals surface area contributed by atoms with E-state index in [-0.39, 0.29) is 17.9 Å². The average molecular weight is 481 g/mol. The second kappa shape index (κ2) is 13.8. The highest BCUT2D eigenvalue weighted by molar-refractivity contribution is 5.87. The fraction of sp³-hybridized carbons (Fsp3) is 0.517. The van der Waals surface area contributed by atoms with E-state index in [1.165, 1.54) is 12.0 Å². The highest BCUT2D eigenvalue weighted by Crippen LogP contribution is 2.20. The van der Waals surface area contributed by atoms with Crippen LogP contribution in [0.25, 0.3) is 0 Å². The number of amides is 2. The molecular weight excluding hydrogens is 440 g/mol. The van der Waals surface area contributed by atoms with Gasteiger partial charge in [-0.05, 0) is 62.4 Å². The number of benzene rings is 2. The maximum atomic E-state index is 13.4. The minimum absolute atomic E-state index is 0.0287. The fourth-order valence-electron chi connectivity index (χ4n) is 4.58. The molecule has 1 saturated carbocycles. The smallest absolute Gasteiger partial charge is 0.243 e. The van der Waals surface area contributed by atoms with Crippen LogP contribution in [0.5, 0.6) is 11.5 Å². The maximum Gasteiger partial charge on any atom is 0.243 e. The van der Waals surface area contributed by atoms with E-state index in [0.29, 0.717) is 32.4 Å². The normalized spacial score (nSPS) is 14.7. The zero-order chi connectivity index (χ0) is 25.0. The molecule has 2 aromatic rings. The van der Waals surface area contributed by atoms with Gasteiger partial charge in [-0.3, -0.25) is 9.59 Å². The Hall–Kier alpha value is -3.02. The van der Waals surface area contributed by atoms with Crippen LogP contribution in [-0.4, -0.2) is 42.5 Å². The molecular formula is C29H40N2O4. The molecule has 1 N–H and O–H groups in total. The standard InChI is InChI=1S/C29H40N2O4/c1-4-27(29(33)30-24-9-6-5-7-10-24)31(21-23-14-18-25(34-3)19-15-23)28(32)11-8-20-35-26-16-12-22(2)13-17-26/h12-19,24,27H,4-11,20-21H2,1-3H3,(H,30,33)/t27-/m0/s1. The van der Waals surface area contributed by atoms with E-state index in [9.17, 15) is 9.59 Å². The van der Waals surface area contributed by atoms with E-state index in [1.54, 1.807) is 12.0 Å². The Balaban J connectivity index is 1.65. The lowest BCUT2D eigenvalue weighted by Gasteiger charge is -2.33. The molecule has 1 fully saturated rings. The van der Waals surface area contributed by atoms with Crippen molar-refractivity contribution in [1.82, 2.24) is 10.2 Å². The lowest BCUT2D eigenvalue weighted by Crippen LogP contribution is -2.51. The van der Waals surface area contributed by atoms with Gasteiger partial charge in [0.1, 0.15) is 17.5 Å². The number of carbonyl (C=O) groups is 2.